The molecule has 18 heavy (non-hydrogen) atoms. The van der Waals surface area contributed by atoms with E-state index in [4.69, 9.17) is 10.6 Å². The van der Waals surface area contributed by atoms with Crippen molar-refractivity contribution in [2.24, 2.45) is 5.84 Å². The molecule has 0 saturated heterocycles. The largest absolute Gasteiger partial charge is 0.495 e. The van der Waals surface area contributed by atoms with Gasteiger partial charge in [0, 0.05) is 6.20 Å². The van der Waals surface area contributed by atoms with Crippen molar-refractivity contribution in [3.05, 3.63) is 59.7 Å². The van der Waals surface area contributed by atoms with Crippen LogP contribution in [-0.4, -0.2) is 12.1 Å². The normalized spacial score (nSPS) is 12.2. The molecule has 0 amide bonds. The fraction of sp³-hybridized carbons (Fsp3) is 0.154. The summed E-state index contributed by atoms with van der Waals surface area (Å²) in [5.41, 5.74) is 4.39. The number of rotatable bonds is 4. The van der Waals surface area contributed by atoms with Gasteiger partial charge in [-0.15, -0.1) is 0 Å². The van der Waals surface area contributed by atoms with Gasteiger partial charge in [0.05, 0.1) is 19.3 Å². The Bertz CT molecular complexity index is 516. The van der Waals surface area contributed by atoms with Crippen LogP contribution >= 0.6 is 0 Å². The summed E-state index contributed by atoms with van der Waals surface area (Å²) in [6, 6.07) is 7.73. The van der Waals surface area contributed by atoms with Crippen LogP contribution < -0.4 is 16.0 Å². The van der Waals surface area contributed by atoms with Gasteiger partial charge < -0.3 is 4.74 Å². The van der Waals surface area contributed by atoms with E-state index >= 15 is 0 Å². The van der Waals surface area contributed by atoms with Crippen LogP contribution in [0.4, 0.5) is 4.39 Å². The Hall–Kier alpha value is -1.98. The number of hydrogen-bond donors (Lipinski definition) is 2. The molecule has 1 unspecified atom stereocenters. The van der Waals surface area contributed by atoms with Gasteiger partial charge in [-0.25, -0.2) is 9.82 Å². The summed E-state index contributed by atoms with van der Waals surface area (Å²) in [7, 11) is 1.57. The highest BCUT2D eigenvalue weighted by Crippen LogP contribution is 2.23. The number of nitrogens with one attached hydrogen (secondary N) is 1. The zero-order chi connectivity index (χ0) is 13.0. The number of ether oxygens (including phenoxy) is 1. The number of hydrazine groups is 1. The molecule has 2 aromatic rings. The Morgan fingerprint density at radius 1 is 1.22 bits per heavy atom. The van der Waals surface area contributed by atoms with Crippen molar-refractivity contribution in [3.63, 3.8) is 0 Å². The van der Waals surface area contributed by atoms with Gasteiger partial charge in [0.1, 0.15) is 11.6 Å². The summed E-state index contributed by atoms with van der Waals surface area (Å²) < 4.78 is 18.0. The van der Waals surface area contributed by atoms with E-state index in [1.54, 1.807) is 31.6 Å². The molecule has 0 saturated carbocycles. The molecule has 0 radical (unpaired) electrons. The van der Waals surface area contributed by atoms with Crippen LogP contribution in [0.25, 0.3) is 0 Å². The van der Waals surface area contributed by atoms with Crippen LogP contribution in [0.15, 0.2) is 42.7 Å². The first-order chi connectivity index (χ1) is 8.74. The first-order valence-electron chi connectivity index (χ1n) is 5.45. The molecule has 5 heteroatoms. The number of hydrogen-bond acceptors (Lipinski definition) is 4. The van der Waals surface area contributed by atoms with E-state index in [0.29, 0.717) is 5.75 Å². The minimum absolute atomic E-state index is 0.256. The summed E-state index contributed by atoms with van der Waals surface area (Å²) in [6.07, 6.45) is 3.30. The van der Waals surface area contributed by atoms with Crippen LogP contribution in [0.1, 0.15) is 17.2 Å². The minimum atomic E-state index is -0.279. The third-order valence-corrected chi connectivity index (χ3v) is 2.67. The van der Waals surface area contributed by atoms with E-state index in [9.17, 15) is 4.39 Å². The fourth-order valence-corrected chi connectivity index (χ4v) is 1.75. The van der Waals surface area contributed by atoms with E-state index < -0.39 is 0 Å². The van der Waals surface area contributed by atoms with Crippen molar-refractivity contribution in [1.29, 1.82) is 0 Å². The third-order valence-electron chi connectivity index (χ3n) is 2.67. The van der Waals surface area contributed by atoms with Gasteiger partial charge in [-0.05, 0) is 29.3 Å². The minimum Gasteiger partial charge on any atom is -0.495 e. The molecule has 0 aliphatic rings. The monoisotopic (exact) mass is 247 g/mol. The Kier molecular flexibility index (Phi) is 3.86. The lowest BCUT2D eigenvalue weighted by molar-refractivity contribution is 0.411. The molecule has 0 spiro atoms. The van der Waals surface area contributed by atoms with Crippen molar-refractivity contribution >= 4 is 0 Å². The van der Waals surface area contributed by atoms with Gasteiger partial charge in [0.25, 0.3) is 0 Å². The summed E-state index contributed by atoms with van der Waals surface area (Å²) >= 11 is 0. The number of benzene rings is 1. The molecule has 0 fully saturated rings. The summed E-state index contributed by atoms with van der Waals surface area (Å²) in [6.45, 7) is 0. The van der Waals surface area contributed by atoms with Crippen molar-refractivity contribution < 1.29 is 9.13 Å². The highest BCUT2D eigenvalue weighted by Gasteiger charge is 2.13. The molecule has 0 aliphatic heterocycles. The van der Waals surface area contributed by atoms with Crippen molar-refractivity contribution in [1.82, 2.24) is 10.4 Å². The Labute approximate surface area is 105 Å². The van der Waals surface area contributed by atoms with Crippen molar-refractivity contribution in [2.75, 3.05) is 7.11 Å². The average molecular weight is 247 g/mol. The molecule has 1 atom stereocenters. The average Bonchev–Trinajstić information content (AvgIpc) is 2.42. The lowest BCUT2D eigenvalue weighted by atomic mass is 10.0. The van der Waals surface area contributed by atoms with E-state index in [-0.39, 0.29) is 11.9 Å². The Morgan fingerprint density at radius 2 is 1.94 bits per heavy atom. The summed E-state index contributed by atoms with van der Waals surface area (Å²) in [4.78, 5) is 4.07. The standard InChI is InChI=1S/C13H14FN3O/c1-18-12-6-10(7-16-8-12)13(17-15)9-2-4-11(14)5-3-9/h2-8,13,17H,15H2,1H3. The zero-order valence-electron chi connectivity index (χ0n) is 9.93. The van der Waals surface area contributed by atoms with E-state index in [0.717, 1.165) is 11.1 Å². The first kappa shape index (κ1) is 12.5. The van der Waals surface area contributed by atoms with E-state index in [1.807, 2.05) is 6.07 Å². The van der Waals surface area contributed by atoms with Gasteiger partial charge in [0.15, 0.2) is 0 Å². The van der Waals surface area contributed by atoms with Crippen LogP contribution in [-0.2, 0) is 0 Å². The van der Waals surface area contributed by atoms with Crippen LogP contribution in [0, 0.1) is 5.82 Å². The molecule has 4 nitrogen and oxygen atoms in total. The quantitative estimate of drug-likeness (QED) is 0.638. The zero-order valence-corrected chi connectivity index (χ0v) is 9.93. The second-order valence-electron chi connectivity index (χ2n) is 3.81. The van der Waals surface area contributed by atoms with Crippen molar-refractivity contribution in [3.8, 4) is 5.75 Å². The second-order valence-corrected chi connectivity index (χ2v) is 3.81. The predicted molar refractivity (Wildman–Crippen MR) is 66.4 cm³/mol. The number of methoxy groups -OCH3 is 1. The molecule has 94 valence electrons. The molecule has 3 N–H and O–H groups in total. The van der Waals surface area contributed by atoms with Gasteiger partial charge in [-0.2, -0.15) is 0 Å². The van der Waals surface area contributed by atoms with Crippen molar-refractivity contribution in [2.45, 2.75) is 6.04 Å². The molecular formula is C13H14FN3O. The molecule has 0 bridgehead atoms. The van der Waals surface area contributed by atoms with Gasteiger partial charge in [-0.1, -0.05) is 12.1 Å². The first-order valence-corrected chi connectivity index (χ1v) is 5.45. The molecule has 1 aromatic carbocycles. The summed E-state index contributed by atoms with van der Waals surface area (Å²) in [5, 5.41) is 0. The number of nitrogens with two attached hydrogens (primary N) is 1. The lowest BCUT2D eigenvalue weighted by Gasteiger charge is -2.17. The van der Waals surface area contributed by atoms with Gasteiger partial charge in [-0.3, -0.25) is 10.8 Å². The Morgan fingerprint density at radius 3 is 2.56 bits per heavy atom. The number of halogens is 1. The lowest BCUT2D eigenvalue weighted by Crippen LogP contribution is -2.28. The van der Waals surface area contributed by atoms with Gasteiger partial charge >= 0.3 is 0 Å². The number of nitrogens with zero attached hydrogens (tertiary/aromatic N) is 1. The maximum absolute atomic E-state index is 12.9. The fourth-order valence-electron chi connectivity index (χ4n) is 1.75. The highest BCUT2D eigenvalue weighted by molar-refractivity contribution is 5.33. The molecule has 1 aromatic heterocycles. The Balaban J connectivity index is 2.35. The van der Waals surface area contributed by atoms with Gasteiger partial charge in [0.2, 0.25) is 0 Å². The SMILES string of the molecule is COc1cncc(C(NN)c2ccc(F)cc2)c1. The van der Waals surface area contributed by atoms with E-state index in [2.05, 4.69) is 10.4 Å². The molecule has 0 aliphatic carbocycles. The third kappa shape index (κ3) is 2.64. The second kappa shape index (κ2) is 5.57. The predicted octanol–water partition coefficient (Wildman–Crippen LogP) is 1.78. The van der Waals surface area contributed by atoms with E-state index in [1.165, 1.54) is 12.1 Å². The maximum Gasteiger partial charge on any atom is 0.137 e. The number of aromatic nitrogens is 1. The topological polar surface area (TPSA) is 60.2 Å². The molecule has 2 rings (SSSR count). The molecular weight excluding hydrogens is 233 g/mol. The maximum atomic E-state index is 12.9. The highest BCUT2D eigenvalue weighted by atomic mass is 19.1. The number of pyridine rings is 1. The van der Waals surface area contributed by atoms with Crippen LogP contribution in [0.5, 0.6) is 5.75 Å². The molecule has 1 heterocycles. The van der Waals surface area contributed by atoms with Crippen LogP contribution in [0.3, 0.4) is 0 Å². The summed E-state index contributed by atoms with van der Waals surface area (Å²) in [5.74, 6) is 5.92. The van der Waals surface area contributed by atoms with Crippen LogP contribution in [0.2, 0.25) is 0 Å². The smallest absolute Gasteiger partial charge is 0.137 e.